The summed E-state index contributed by atoms with van der Waals surface area (Å²) in [6.45, 7) is 5.53. The lowest BCUT2D eigenvalue weighted by Gasteiger charge is -2.30. The Labute approximate surface area is 135 Å². The van der Waals surface area contributed by atoms with Crippen molar-refractivity contribution < 1.29 is 4.74 Å². The Morgan fingerprint density at radius 1 is 1.39 bits per heavy atom. The molecule has 23 heavy (non-hydrogen) atoms. The van der Waals surface area contributed by atoms with Gasteiger partial charge in [-0.25, -0.2) is 4.98 Å². The van der Waals surface area contributed by atoms with Gasteiger partial charge in [-0.15, -0.1) is 0 Å². The molecule has 0 aromatic carbocycles. The van der Waals surface area contributed by atoms with Crippen molar-refractivity contribution >= 4 is 11.6 Å². The molecule has 0 aliphatic rings. The average molecular weight is 312 g/mol. The lowest BCUT2D eigenvalue weighted by atomic mass is 10.1. The average Bonchev–Trinajstić information content (AvgIpc) is 3.05. The van der Waals surface area contributed by atoms with E-state index in [0.717, 1.165) is 23.6 Å². The molecular weight excluding hydrogens is 292 g/mol. The lowest BCUT2D eigenvalue weighted by molar-refractivity contribution is 0.181. The summed E-state index contributed by atoms with van der Waals surface area (Å²) in [6, 6.07) is 6.18. The van der Waals surface area contributed by atoms with Crippen LogP contribution >= 0.6 is 0 Å². The minimum absolute atomic E-state index is 0.152. The molecule has 0 amide bonds. The molecule has 1 unspecified atom stereocenters. The molecule has 3 aromatic rings. The van der Waals surface area contributed by atoms with Gasteiger partial charge < -0.3 is 9.64 Å². The molecule has 0 aliphatic heterocycles. The van der Waals surface area contributed by atoms with Crippen LogP contribution in [0.25, 0.3) is 5.78 Å². The van der Waals surface area contributed by atoms with Gasteiger partial charge in [0, 0.05) is 32.1 Å². The first kappa shape index (κ1) is 15.4. The summed E-state index contributed by atoms with van der Waals surface area (Å²) < 4.78 is 6.98. The van der Waals surface area contributed by atoms with Gasteiger partial charge in [-0.3, -0.25) is 4.98 Å². The topological polar surface area (TPSA) is 68.4 Å². The van der Waals surface area contributed by atoms with E-state index in [9.17, 15) is 0 Å². The molecule has 0 aliphatic carbocycles. The van der Waals surface area contributed by atoms with Gasteiger partial charge >= 0.3 is 0 Å². The van der Waals surface area contributed by atoms with Crippen molar-refractivity contribution in [2.45, 2.75) is 26.5 Å². The van der Waals surface area contributed by atoms with Crippen LogP contribution in [0.15, 0.2) is 36.9 Å². The Bertz CT molecular complexity index is 773. The first-order chi connectivity index (χ1) is 11.2. The third-order valence-electron chi connectivity index (χ3n) is 3.85. The third-order valence-corrected chi connectivity index (χ3v) is 3.85. The minimum Gasteiger partial charge on any atom is -0.378 e. The van der Waals surface area contributed by atoms with Crippen LogP contribution in [0.4, 0.5) is 5.82 Å². The van der Waals surface area contributed by atoms with Gasteiger partial charge in [0.05, 0.1) is 18.3 Å². The zero-order valence-corrected chi connectivity index (χ0v) is 13.5. The number of fused-ring (bicyclic) bond motifs is 1. The highest BCUT2D eigenvalue weighted by atomic mass is 16.5. The molecule has 0 bridgehead atoms. The number of methoxy groups -OCH3 is 1. The molecule has 3 rings (SSSR count). The van der Waals surface area contributed by atoms with E-state index in [2.05, 4.69) is 44.9 Å². The summed E-state index contributed by atoms with van der Waals surface area (Å²) in [7, 11) is 1.66. The molecule has 1 atom stereocenters. The minimum atomic E-state index is 0.152. The molecule has 0 radical (unpaired) electrons. The fraction of sp³-hybridized carbons (Fsp3) is 0.375. The van der Waals surface area contributed by atoms with E-state index in [1.807, 2.05) is 18.3 Å². The lowest BCUT2D eigenvalue weighted by Crippen LogP contribution is -2.29. The third kappa shape index (κ3) is 3.00. The van der Waals surface area contributed by atoms with Gasteiger partial charge in [0.15, 0.2) is 0 Å². The van der Waals surface area contributed by atoms with Gasteiger partial charge in [-0.05, 0) is 25.5 Å². The van der Waals surface area contributed by atoms with Crippen LogP contribution in [-0.4, -0.2) is 38.2 Å². The number of pyridine rings is 1. The first-order valence-electron chi connectivity index (χ1n) is 7.59. The van der Waals surface area contributed by atoms with E-state index < -0.39 is 0 Å². The van der Waals surface area contributed by atoms with Gasteiger partial charge in [0.1, 0.15) is 12.1 Å². The van der Waals surface area contributed by atoms with Crippen LogP contribution in [-0.2, 0) is 11.3 Å². The predicted octanol–water partition coefficient (Wildman–Crippen LogP) is 2.25. The van der Waals surface area contributed by atoms with Crippen LogP contribution < -0.4 is 4.90 Å². The van der Waals surface area contributed by atoms with Gasteiger partial charge in [0.2, 0.25) is 0 Å². The van der Waals surface area contributed by atoms with Crippen molar-refractivity contribution in [3.8, 4) is 0 Å². The molecular formula is C16H20N6O. The van der Waals surface area contributed by atoms with Gasteiger partial charge in [-0.1, -0.05) is 6.07 Å². The Morgan fingerprint density at radius 2 is 2.26 bits per heavy atom. The summed E-state index contributed by atoms with van der Waals surface area (Å²) in [5.74, 6) is 1.52. The monoisotopic (exact) mass is 312 g/mol. The zero-order chi connectivity index (χ0) is 16.2. The van der Waals surface area contributed by atoms with Crippen molar-refractivity contribution in [3.05, 3.63) is 48.2 Å². The highest BCUT2D eigenvalue weighted by Crippen LogP contribution is 2.26. The Hall–Kier alpha value is -2.54. The van der Waals surface area contributed by atoms with E-state index >= 15 is 0 Å². The second-order valence-corrected chi connectivity index (χ2v) is 5.26. The molecule has 0 spiro atoms. The maximum Gasteiger partial charge on any atom is 0.254 e. The van der Waals surface area contributed by atoms with Crippen molar-refractivity contribution in [1.29, 1.82) is 0 Å². The van der Waals surface area contributed by atoms with Crippen LogP contribution in [0.2, 0.25) is 0 Å². The number of hydrogen-bond donors (Lipinski definition) is 0. The van der Waals surface area contributed by atoms with Crippen molar-refractivity contribution in [2.24, 2.45) is 0 Å². The van der Waals surface area contributed by atoms with Gasteiger partial charge in [0.25, 0.3) is 5.78 Å². The first-order valence-corrected chi connectivity index (χ1v) is 7.59. The van der Waals surface area contributed by atoms with E-state index in [4.69, 9.17) is 4.74 Å². The number of ether oxygens (including phenoxy) is 1. The number of hydrogen-bond acceptors (Lipinski definition) is 6. The second kappa shape index (κ2) is 6.70. The molecule has 7 nitrogen and oxygen atoms in total. The number of anilines is 1. The van der Waals surface area contributed by atoms with E-state index in [1.54, 1.807) is 17.8 Å². The molecule has 3 aromatic heterocycles. The van der Waals surface area contributed by atoms with Crippen LogP contribution in [0.3, 0.4) is 0 Å². The molecule has 3 heterocycles. The Morgan fingerprint density at radius 3 is 2.96 bits per heavy atom. The fourth-order valence-corrected chi connectivity index (χ4v) is 2.71. The molecule has 0 saturated heterocycles. The van der Waals surface area contributed by atoms with Crippen molar-refractivity contribution in [1.82, 2.24) is 24.6 Å². The second-order valence-electron chi connectivity index (χ2n) is 5.26. The highest BCUT2D eigenvalue weighted by Gasteiger charge is 2.19. The van der Waals surface area contributed by atoms with Crippen LogP contribution in [0.5, 0.6) is 0 Å². The fourth-order valence-electron chi connectivity index (χ4n) is 2.71. The van der Waals surface area contributed by atoms with Crippen LogP contribution in [0, 0.1) is 0 Å². The van der Waals surface area contributed by atoms with E-state index in [-0.39, 0.29) is 6.04 Å². The molecule has 0 N–H and O–H groups in total. The smallest absolute Gasteiger partial charge is 0.254 e. The number of aromatic nitrogens is 5. The van der Waals surface area contributed by atoms with Crippen molar-refractivity contribution in [2.75, 3.05) is 18.6 Å². The predicted molar refractivity (Wildman–Crippen MR) is 87.2 cm³/mol. The van der Waals surface area contributed by atoms with E-state index in [1.165, 1.54) is 6.33 Å². The number of nitrogens with zero attached hydrogens (tertiary/aromatic N) is 6. The Kier molecular flexibility index (Phi) is 4.47. The quantitative estimate of drug-likeness (QED) is 0.695. The molecule has 0 fully saturated rings. The summed E-state index contributed by atoms with van der Waals surface area (Å²) >= 11 is 0. The summed E-state index contributed by atoms with van der Waals surface area (Å²) in [6.07, 6.45) is 5.19. The van der Waals surface area contributed by atoms with Crippen LogP contribution in [0.1, 0.15) is 31.1 Å². The normalized spacial score (nSPS) is 12.5. The summed E-state index contributed by atoms with van der Waals surface area (Å²) in [5.41, 5.74) is 1.98. The molecule has 7 heteroatoms. The molecule has 120 valence electrons. The van der Waals surface area contributed by atoms with E-state index in [0.29, 0.717) is 12.4 Å². The SMILES string of the molecule is CCN(c1cc(COC)nc2ncnn12)C(C)c1cccnc1. The number of rotatable bonds is 6. The van der Waals surface area contributed by atoms with Crippen molar-refractivity contribution in [3.63, 3.8) is 0 Å². The maximum atomic E-state index is 5.22. The highest BCUT2D eigenvalue weighted by molar-refractivity contribution is 5.49. The standard InChI is InChI=1S/C16H20N6O/c1-4-21(12(2)13-6-5-7-17-9-13)15-8-14(10-23-3)20-16-18-11-19-22(15)16/h5-9,11-12H,4,10H2,1-3H3. The zero-order valence-electron chi connectivity index (χ0n) is 13.5. The Balaban J connectivity index is 2.06. The largest absolute Gasteiger partial charge is 0.378 e. The maximum absolute atomic E-state index is 5.22. The molecule has 0 saturated carbocycles. The van der Waals surface area contributed by atoms with Gasteiger partial charge in [-0.2, -0.15) is 14.6 Å². The summed E-state index contributed by atoms with van der Waals surface area (Å²) in [4.78, 5) is 15.1. The summed E-state index contributed by atoms with van der Waals surface area (Å²) in [5, 5.41) is 4.31.